The summed E-state index contributed by atoms with van der Waals surface area (Å²) in [5.74, 6) is 0.264. The number of carbonyl (C=O) groups excluding carboxylic acids is 2. The Morgan fingerprint density at radius 1 is 1.03 bits per heavy atom. The molecule has 0 heterocycles. The third-order valence-electron chi connectivity index (χ3n) is 6.46. The number of carbonyl (C=O) groups is 2. The van der Waals surface area contributed by atoms with Gasteiger partial charge >= 0.3 is 0 Å². The summed E-state index contributed by atoms with van der Waals surface area (Å²) in [6, 6.07) is 20.6. The van der Waals surface area contributed by atoms with E-state index in [0.717, 1.165) is 42.0 Å². The van der Waals surface area contributed by atoms with Crippen molar-refractivity contribution in [3.05, 3.63) is 77.3 Å². The third kappa shape index (κ3) is 6.09. The van der Waals surface area contributed by atoms with E-state index in [-0.39, 0.29) is 31.0 Å². The van der Waals surface area contributed by atoms with Gasteiger partial charge in [-0.25, -0.2) is 0 Å². The van der Waals surface area contributed by atoms with Gasteiger partial charge in [0.15, 0.2) is 6.61 Å². The van der Waals surface area contributed by atoms with Crippen molar-refractivity contribution in [3.63, 3.8) is 0 Å². The van der Waals surface area contributed by atoms with E-state index in [4.69, 9.17) is 16.3 Å². The first-order chi connectivity index (χ1) is 16.5. The van der Waals surface area contributed by atoms with E-state index in [1.54, 1.807) is 17.9 Å². The molecule has 0 bridgehead atoms. The zero-order valence-electron chi connectivity index (χ0n) is 19.5. The number of ether oxygens (including phenoxy) is 1. The third-order valence-corrected chi connectivity index (χ3v) is 6.70. The quantitative estimate of drug-likeness (QED) is 0.449. The summed E-state index contributed by atoms with van der Waals surface area (Å²) < 4.78 is 5.95. The molecule has 0 spiro atoms. The van der Waals surface area contributed by atoms with Crippen LogP contribution in [0.15, 0.2) is 66.7 Å². The van der Waals surface area contributed by atoms with Gasteiger partial charge in [0.1, 0.15) is 11.8 Å². The summed E-state index contributed by atoms with van der Waals surface area (Å²) in [6.07, 6.45) is 5.45. The number of nitrogens with one attached hydrogen (secondary N) is 1. The minimum Gasteiger partial charge on any atom is -0.483 e. The van der Waals surface area contributed by atoms with Gasteiger partial charge in [0.05, 0.1) is 0 Å². The van der Waals surface area contributed by atoms with E-state index >= 15 is 0 Å². The van der Waals surface area contributed by atoms with Gasteiger partial charge in [-0.05, 0) is 48.9 Å². The Kier molecular flexibility index (Phi) is 8.07. The van der Waals surface area contributed by atoms with E-state index in [2.05, 4.69) is 5.32 Å². The molecule has 1 atom stereocenters. The van der Waals surface area contributed by atoms with Gasteiger partial charge in [-0.15, -0.1) is 0 Å². The van der Waals surface area contributed by atoms with Crippen LogP contribution in [-0.4, -0.2) is 35.4 Å². The van der Waals surface area contributed by atoms with Crippen molar-refractivity contribution in [3.8, 4) is 5.75 Å². The number of hydrogen-bond donors (Lipinski definition) is 1. The highest BCUT2D eigenvalue weighted by atomic mass is 35.5. The largest absolute Gasteiger partial charge is 0.483 e. The smallest absolute Gasteiger partial charge is 0.261 e. The topological polar surface area (TPSA) is 58.6 Å². The Morgan fingerprint density at radius 3 is 2.56 bits per heavy atom. The molecule has 178 valence electrons. The fourth-order valence-electron chi connectivity index (χ4n) is 4.53. The number of hydrogen-bond acceptors (Lipinski definition) is 3. The minimum atomic E-state index is -0.635. The van der Waals surface area contributed by atoms with E-state index in [9.17, 15) is 9.59 Å². The van der Waals surface area contributed by atoms with E-state index in [1.165, 1.54) is 6.42 Å². The maximum atomic E-state index is 13.4. The Balaban J connectivity index is 1.50. The number of fused-ring (bicyclic) bond motifs is 1. The first kappa shape index (κ1) is 24.1. The molecule has 6 heteroatoms. The second-order valence-corrected chi connectivity index (χ2v) is 9.37. The monoisotopic (exact) mass is 478 g/mol. The van der Waals surface area contributed by atoms with Crippen LogP contribution in [0.5, 0.6) is 5.75 Å². The molecular formula is C28H31ClN2O3. The molecule has 0 aromatic heterocycles. The molecule has 0 aliphatic heterocycles. The molecule has 0 unspecified atom stereocenters. The summed E-state index contributed by atoms with van der Waals surface area (Å²) in [5.41, 5.74) is 0.864. The average molecular weight is 479 g/mol. The second kappa shape index (κ2) is 11.4. The van der Waals surface area contributed by atoms with Crippen molar-refractivity contribution < 1.29 is 14.3 Å². The van der Waals surface area contributed by atoms with Crippen LogP contribution in [0.1, 0.15) is 44.6 Å². The molecule has 1 aliphatic carbocycles. The zero-order valence-corrected chi connectivity index (χ0v) is 20.3. The molecule has 0 radical (unpaired) electrons. The van der Waals surface area contributed by atoms with Crippen LogP contribution in [0.4, 0.5) is 0 Å². The van der Waals surface area contributed by atoms with Gasteiger partial charge in [0.25, 0.3) is 5.91 Å². The van der Waals surface area contributed by atoms with Crippen molar-refractivity contribution >= 4 is 34.2 Å². The number of amides is 2. The van der Waals surface area contributed by atoms with E-state index < -0.39 is 6.04 Å². The van der Waals surface area contributed by atoms with Crippen molar-refractivity contribution in [1.82, 2.24) is 10.2 Å². The van der Waals surface area contributed by atoms with Crippen LogP contribution >= 0.6 is 11.6 Å². The highest BCUT2D eigenvalue weighted by Gasteiger charge is 2.28. The summed E-state index contributed by atoms with van der Waals surface area (Å²) in [5, 5.41) is 5.73. The average Bonchev–Trinajstić information content (AvgIpc) is 2.86. The van der Waals surface area contributed by atoms with Crippen LogP contribution < -0.4 is 10.1 Å². The van der Waals surface area contributed by atoms with Gasteiger partial charge in [0, 0.05) is 23.0 Å². The van der Waals surface area contributed by atoms with Gasteiger partial charge < -0.3 is 15.0 Å². The fraction of sp³-hybridized carbons (Fsp3) is 0.357. The van der Waals surface area contributed by atoms with Gasteiger partial charge in [-0.1, -0.05) is 79.4 Å². The summed E-state index contributed by atoms with van der Waals surface area (Å²) in [6.45, 7) is 1.89. The van der Waals surface area contributed by atoms with Crippen LogP contribution in [-0.2, 0) is 16.1 Å². The first-order valence-corrected chi connectivity index (χ1v) is 12.3. The second-order valence-electron chi connectivity index (χ2n) is 8.94. The summed E-state index contributed by atoms with van der Waals surface area (Å²) >= 11 is 6.17. The normalized spacial score (nSPS) is 15.0. The molecule has 1 fully saturated rings. The van der Waals surface area contributed by atoms with Crippen molar-refractivity contribution in [1.29, 1.82) is 0 Å². The molecule has 4 rings (SSSR count). The predicted molar refractivity (Wildman–Crippen MR) is 136 cm³/mol. The van der Waals surface area contributed by atoms with Crippen molar-refractivity contribution in [2.45, 2.75) is 57.7 Å². The zero-order chi connectivity index (χ0) is 23.9. The van der Waals surface area contributed by atoms with E-state index in [0.29, 0.717) is 10.8 Å². The maximum Gasteiger partial charge on any atom is 0.261 e. The molecule has 3 aromatic carbocycles. The lowest BCUT2D eigenvalue weighted by molar-refractivity contribution is -0.142. The van der Waals surface area contributed by atoms with Crippen molar-refractivity contribution in [2.75, 3.05) is 6.61 Å². The number of halogens is 1. The van der Waals surface area contributed by atoms with Crippen molar-refractivity contribution in [2.24, 2.45) is 0 Å². The minimum absolute atomic E-state index is 0.132. The lowest BCUT2D eigenvalue weighted by Gasteiger charge is -2.31. The molecule has 5 nitrogen and oxygen atoms in total. The predicted octanol–water partition coefficient (Wildman–Crippen LogP) is 5.74. The molecule has 2 amide bonds. The van der Waals surface area contributed by atoms with Crippen LogP contribution in [0, 0.1) is 0 Å². The van der Waals surface area contributed by atoms with Gasteiger partial charge in [-0.2, -0.15) is 0 Å². The molecule has 1 saturated carbocycles. The van der Waals surface area contributed by atoms with Crippen LogP contribution in [0.3, 0.4) is 0 Å². The molecule has 3 aromatic rings. The lowest BCUT2D eigenvalue weighted by Crippen LogP contribution is -2.51. The number of rotatable bonds is 8. The van der Waals surface area contributed by atoms with E-state index in [1.807, 2.05) is 60.7 Å². The number of benzene rings is 3. The molecular weight excluding hydrogens is 448 g/mol. The molecule has 1 aliphatic rings. The summed E-state index contributed by atoms with van der Waals surface area (Å²) in [4.78, 5) is 28.0. The first-order valence-electron chi connectivity index (χ1n) is 12.0. The maximum absolute atomic E-state index is 13.4. The van der Waals surface area contributed by atoms with Crippen LogP contribution in [0.2, 0.25) is 5.02 Å². The molecule has 1 N–H and O–H groups in total. The highest BCUT2D eigenvalue weighted by Crippen LogP contribution is 2.25. The number of nitrogens with zero attached hydrogens (tertiary/aromatic N) is 1. The highest BCUT2D eigenvalue weighted by molar-refractivity contribution is 6.30. The van der Waals surface area contributed by atoms with Gasteiger partial charge in [-0.3, -0.25) is 9.59 Å². The van der Waals surface area contributed by atoms with Crippen LogP contribution in [0.25, 0.3) is 10.8 Å². The Morgan fingerprint density at radius 2 is 1.76 bits per heavy atom. The Hall–Kier alpha value is -3.05. The Bertz CT molecular complexity index is 1140. The molecule has 0 saturated heterocycles. The molecule has 34 heavy (non-hydrogen) atoms. The summed E-state index contributed by atoms with van der Waals surface area (Å²) in [7, 11) is 0. The standard InChI is InChI=1S/C28H31ClN2O3/c1-20(28(33)30-24-13-3-2-4-14-24)31(18-21-9-7-12-23(29)17-21)27(32)19-34-26-16-8-11-22-10-5-6-15-25(22)26/h5-12,15-17,20,24H,2-4,13-14,18-19H2,1H3,(H,30,33)/t20-/m1/s1. The van der Waals surface area contributed by atoms with Gasteiger partial charge in [0.2, 0.25) is 5.91 Å². The Labute approximate surface area is 206 Å². The fourth-order valence-corrected chi connectivity index (χ4v) is 4.74. The lowest BCUT2D eigenvalue weighted by atomic mass is 9.95. The SMILES string of the molecule is C[C@H](C(=O)NC1CCCCC1)N(Cc1cccc(Cl)c1)C(=O)COc1cccc2ccccc12.